The van der Waals surface area contributed by atoms with Crippen LogP contribution in [0.15, 0.2) is 83.7 Å². The van der Waals surface area contributed by atoms with Gasteiger partial charge in [-0.25, -0.2) is 0 Å². The molecule has 1 aromatic heterocycles. The largest absolute Gasteiger partial charge is 0.472 e. The lowest BCUT2D eigenvalue weighted by atomic mass is 10.4. The third-order valence-electron chi connectivity index (χ3n) is 3.11. The van der Waals surface area contributed by atoms with Crippen molar-refractivity contribution in [1.82, 2.24) is 0 Å². The highest BCUT2D eigenvalue weighted by atomic mass is 31.2. The summed E-state index contributed by atoms with van der Waals surface area (Å²) in [5, 5.41) is 2.37. The van der Waals surface area contributed by atoms with Gasteiger partial charge in [0.2, 0.25) is 0 Å². The van der Waals surface area contributed by atoms with Gasteiger partial charge in [-0.3, -0.25) is 0 Å². The van der Waals surface area contributed by atoms with Gasteiger partial charge in [0.15, 0.2) is 7.14 Å². The van der Waals surface area contributed by atoms with E-state index in [1.807, 2.05) is 60.7 Å². The van der Waals surface area contributed by atoms with Crippen LogP contribution in [0.4, 0.5) is 0 Å². The molecule has 0 saturated carbocycles. The maximum Gasteiger partial charge on any atom is 0.174 e. The average molecular weight is 268 g/mol. The first-order valence-corrected chi connectivity index (χ1v) is 7.76. The summed E-state index contributed by atoms with van der Waals surface area (Å²) in [7, 11) is -2.82. The molecule has 1 heterocycles. The maximum atomic E-state index is 13.6. The Hall–Kier alpha value is -2.05. The van der Waals surface area contributed by atoms with Gasteiger partial charge in [0.25, 0.3) is 0 Å². The van der Waals surface area contributed by atoms with Crippen LogP contribution in [0.25, 0.3) is 0 Å². The van der Waals surface area contributed by atoms with Gasteiger partial charge >= 0.3 is 0 Å². The molecule has 0 aliphatic heterocycles. The summed E-state index contributed by atoms with van der Waals surface area (Å²) >= 11 is 0. The molecule has 0 spiro atoms. The number of rotatable bonds is 3. The van der Waals surface area contributed by atoms with Crippen molar-refractivity contribution in [3.63, 3.8) is 0 Å². The van der Waals surface area contributed by atoms with Crippen molar-refractivity contribution >= 4 is 23.1 Å². The zero-order valence-corrected chi connectivity index (χ0v) is 11.2. The summed E-state index contributed by atoms with van der Waals surface area (Å²) in [6, 6.07) is 20.9. The van der Waals surface area contributed by atoms with Crippen LogP contribution < -0.4 is 15.9 Å². The van der Waals surface area contributed by atoms with Crippen LogP contribution in [-0.2, 0) is 4.57 Å². The van der Waals surface area contributed by atoms with E-state index in [1.165, 1.54) is 0 Å². The van der Waals surface area contributed by atoms with Crippen LogP contribution in [0, 0.1) is 0 Å². The number of hydrogen-bond donors (Lipinski definition) is 0. The molecule has 2 nitrogen and oxygen atoms in total. The SMILES string of the molecule is O=P(c1ccccc1)(c1ccccc1)c1ccoc1. The third-order valence-corrected chi connectivity index (χ3v) is 6.14. The Balaban J connectivity index is 2.26. The zero-order chi connectivity index (χ0) is 13.1. The maximum absolute atomic E-state index is 13.6. The van der Waals surface area contributed by atoms with Gasteiger partial charge in [0.1, 0.15) is 6.26 Å². The minimum absolute atomic E-state index is 0.727. The van der Waals surface area contributed by atoms with Crippen LogP contribution >= 0.6 is 7.14 Å². The Morgan fingerprint density at radius 2 is 1.21 bits per heavy atom. The molecule has 3 heteroatoms. The predicted molar refractivity (Wildman–Crippen MR) is 78.1 cm³/mol. The van der Waals surface area contributed by atoms with Crippen LogP contribution in [-0.4, -0.2) is 0 Å². The van der Waals surface area contributed by atoms with Gasteiger partial charge < -0.3 is 8.98 Å². The van der Waals surface area contributed by atoms with Gasteiger partial charge in [0.05, 0.1) is 11.6 Å². The Labute approximate surface area is 112 Å². The number of benzene rings is 2. The fourth-order valence-corrected chi connectivity index (χ4v) is 4.72. The Morgan fingerprint density at radius 3 is 1.63 bits per heavy atom. The molecule has 3 aromatic rings. The van der Waals surface area contributed by atoms with E-state index < -0.39 is 7.14 Å². The van der Waals surface area contributed by atoms with E-state index in [1.54, 1.807) is 18.6 Å². The van der Waals surface area contributed by atoms with Crippen LogP contribution in [0.3, 0.4) is 0 Å². The van der Waals surface area contributed by atoms with E-state index in [0.29, 0.717) is 0 Å². The Bertz CT molecular complexity index is 645. The summed E-state index contributed by atoms with van der Waals surface area (Å²) < 4.78 is 18.8. The molecule has 0 radical (unpaired) electrons. The molecule has 0 aliphatic rings. The molecular formula is C16H13O2P. The van der Waals surface area contributed by atoms with E-state index in [2.05, 4.69) is 0 Å². The molecule has 0 saturated heterocycles. The fraction of sp³-hybridized carbons (Fsp3) is 0. The second kappa shape index (κ2) is 4.91. The highest BCUT2D eigenvalue weighted by Gasteiger charge is 2.30. The number of hydrogen-bond acceptors (Lipinski definition) is 2. The average Bonchev–Trinajstić information content (AvgIpc) is 3.03. The molecule has 94 valence electrons. The van der Waals surface area contributed by atoms with Gasteiger partial charge in [-0.1, -0.05) is 60.7 Å². The normalized spacial score (nSPS) is 11.4. The summed E-state index contributed by atoms with van der Waals surface area (Å²) in [6.07, 6.45) is 3.13. The second-order valence-corrected chi connectivity index (χ2v) is 7.03. The standard InChI is InChI=1S/C16H13O2P/c17-19(16-11-12-18-13-16,14-7-3-1-4-8-14)15-9-5-2-6-10-15/h1-13H. The Morgan fingerprint density at radius 1 is 0.684 bits per heavy atom. The molecule has 0 atom stereocenters. The molecule has 19 heavy (non-hydrogen) atoms. The first-order valence-electron chi connectivity index (χ1n) is 6.06. The minimum atomic E-state index is -2.82. The molecule has 0 fully saturated rings. The van der Waals surface area contributed by atoms with Gasteiger partial charge in [-0.15, -0.1) is 0 Å². The monoisotopic (exact) mass is 268 g/mol. The summed E-state index contributed by atoms with van der Waals surface area (Å²) in [5.41, 5.74) is 0. The number of furan rings is 1. The van der Waals surface area contributed by atoms with Gasteiger partial charge in [0, 0.05) is 10.6 Å². The van der Waals surface area contributed by atoms with Crippen LogP contribution in [0.5, 0.6) is 0 Å². The molecule has 0 amide bonds. The molecule has 2 aromatic carbocycles. The summed E-state index contributed by atoms with van der Waals surface area (Å²) in [6.45, 7) is 0. The van der Waals surface area contributed by atoms with E-state index >= 15 is 0 Å². The molecule has 0 N–H and O–H groups in total. The highest BCUT2D eigenvalue weighted by molar-refractivity contribution is 7.85. The first-order chi connectivity index (χ1) is 9.32. The zero-order valence-electron chi connectivity index (χ0n) is 10.3. The Kier molecular flexibility index (Phi) is 3.10. The van der Waals surface area contributed by atoms with E-state index in [0.717, 1.165) is 15.9 Å². The lowest BCUT2D eigenvalue weighted by Crippen LogP contribution is -2.23. The third kappa shape index (κ3) is 2.05. The van der Waals surface area contributed by atoms with Gasteiger partial charge in [-0.05, 0) is 6.07 Å². The highest BCUT2D eigenvalue weighted by Crippen LogP contribution is 2.42. The molecule has 0 aliphatic carbocycles. The van der Waals surface area contributed by atoms with Crippen LogP contribution in [0.2, 0.25) is 0 Å². The summed E-state index contributed by atoms with van der Waals surface area (Å²) in [5.74, 6) is 0. The molecular weight excluding hydrogens is 255 g/mol. The fourth-order valence-electron chi connectivity index (χ4n) is 2.16. The van der Waals surface area contributed by atoms with Crippen molar-refractivity contribution in [3.8, 4) is 0 Å². The summed E-state index contributed by atoms with van der Waals surface area (Å²) in [4.78, 5) is 0. The lowest BCUT2D eigenvalue weighted by Gasteiger charge is -2.17. The van der Waals surface area contributed by atoms with Crippen molar-refractivity contribution in [1.29, 1.82) is 0 Å². The quantitative estimate of drug-likeness (QED) is 0.684. The molecule has 3 rings (SSSR count). The molecule has 0 unspecified atom stereocenters. The van der Waals surface area contributed by atoms with Crippen molar-refractivity contribution < 1.29 is 8.98 Å². The van der Waals surface area contributed by atoms with E-state index in [4.69, 9.17) is 4.42 Å². The van der Waals surface area contributed by atoms with E-state index in [-0.39, 0.29) is 0 Å². The first kappa shape index (κ1) is 12.0. The van der Waals surface area contributed by atoms with Crippen molar-refractivity contribution in [2.45, 2.75) is 0 Å². The van der Waals surface area contributed by atoms with Crippen molar-refractivity contribution in [2.75, 3.05) is 0 Å². The lowest BCUT2D eigenvalue weighted by molar-refractivity contribution is 0.567. The predicted octanol–water partition coefficient (Wildman–Crippen LogP) is 2.92. The molecule has 0 bridgehead atoms. The van der Waals surface area contributed by atoms with E-state index in [9.17, 15) is 4.57 Å². The van der Waals surface area contributed by atoms with Gasteiger partial charge in [-0.2, -0.15) is 0 Å². The van der Waals surface area contributed by atoms with Crippen molar-refractivity contribution in [3.05, 3.63) is 79.3 Å². The minimum Gasteiger partial charge on any atom is -0.472 e. The second-order valence-electron chi connectivity index (χ2n) is 4.26. The van der Waals surface area contributed by atoms with Crippen LogP contribution in [0.1, 0.15) is 0 Å². The topological polar surface area (TPSA) is 30.2 Å². The smallest absolute Gasteiger partial charge is 0.174 e. The van der Waals surface area contributed by atoms with Crippen molar-refractivity contribution in [2.24, 2.45) is 0 Å².